The standard InChI is InChI=1S/C26H32N4O6S2/c1-18-4-6-20(7-5-18)38(34,35)29-14-10-21-24-22(16-27-25(21)29)28-23(17-31)30(24)19-8-11-26(2,12-9-19)13-15-37(32,33)36-3/h4-7,10,14,16,19,31H,8-9,11-13,15,17H2,1-3H3. The van der Waals surface area contributed by atoms with Gasteiger partial charge in [0.1, 0.15) is 17.9 Å². The quantitative estimate of drug-likeness (QED) is 0.321. The van der Waals surface area contributed by atoms with E-state index in [0.717, 1.165) is 36.8 Å². The molecule has 1 aliphatic rings. The van der Waals surface area contributed by atoms with Crippen LogP contribution in [-0.4, -0.2) is 53.3 Å². The van der Waals surface area contributed by atoms with Crippen molar-refractivity contribution in [2.75, 3.05) is 12.9 Å². The molecule has 10 nitrogen and oxygen atoms in total. The molecule has 204 valence electrons. The van der Waals surface area contributed by atoms with Gasteiger partial charge in [-0.1, -0.05) is 24.6 Å². The molecule has 38 heavy (non-hydrogen) atoms. The number of rotatable bonds is 8. The fourth-order valence-electron chi connectivity index (χ4n) is 5.48. The summed E-state index contributed by atoms with van der Waals surface area (Å²) in [6, 6.07) is 8.44. The summed E-state index contributed by atoms with van der Waals surface area (Å²) in [5.74, 6) is 0.481. The van der Waals surface area contributed by atoms with Crippen molar-refractivity contribution in [3.05, 3.63) is 54.1 Å². The minimum Gasteiger partial charge on any atom is -0.388 e. The lowest BCUT2D eigenvalue weighted by molar-refractivity contribution is 0.162. The zero-order valence-corrected chi connectivity index (χ0v) is 23.3. The molecule has 1 N–H and O–H groups in total. The van der Waals surface area contributed by atoms with Gasteiger partial charge in [-0.2, -0.15) is 8.42 Å². The van der Waals surface area contributed by atoms with Crippen molar-refractivity contribution in [1.29, 1.82) is 0 Å². The first-order chi connectivity index (χ1) is 18.0. The SMILES string of the molecule is COS(=O)(=O)CCC1(C)CCC(n2c(CO)nc3cnc4c(ccn4S(=O)(=O)c4ccc(C)cc4)c32)CC1. The van der Waals surface area contributed by atoms with E-state index in [1.807, 2.05) is 11.5 Å². The second kappa shape index (κ2) is 9.74. The molecule has 0 radical (unpaired) electrons. The predicted molar refractivity (Wildman–Crippen MR) is 144 cm³/mol. The maximum absolute atomic E-state index is 13.4. The predicted octanol–water partition coefficient (Wildman–Crippen LogP) is 3.91. The van der Waals surface area contributed by atoms with Crippen LogP contribution in [0.25, 0.3) is 22.1 Å². The van der Waals surface area contributed by atoms with E-state index in [0.29, 0.717) is 28.8 Å². The van der Waals surface area contributed by atoms with Gasteiger partial charge in [-0.25, -0.2) is 22.4 Å². The van der Waals surface area contributed by atoms with E-state index in [-0.39, 0.29) is 28.7 Å². The molecule has 1 aliphatic carbocycles. The smallest absolute Gasteiger partial charge is 0.269 e. The van der Waals surface area contributed by atoms with E-state index in [9.17, 15) is 21.9 Å². The summed E-state index contributed by atoms with van der Waals surface area (Å²) in [7, 11) is -6.20. The zero-order valence-electron chi connectivity index (χ0n) is 21.7. The van der Waals surface area contributed by atoms with E-state index in [4.69, 9.17) is 0 Å². The summed E-state index contributed by atoms with van der Waals surface area (Å²) in [6.45, 7) is 3.74. The molecule has 3 aromatic heterocycles. The summed E-state index contributed by atoms with van der Waals surface area (Å²) in [5, 5.41) is 10.8. The molecule has 1 fully saturated rings. The molecule has 0 bridgehead atoms. The first-order valence-electron chi connectivity index (χ1n) is 12.6. The van der Waals surface area contributed by atoms with Crippen LogP contribution in [0.1, 0.15) is 56.5 Å². The molecule has 1 aromatic carbocycles. The Hall–Kier alpha value is -2.80. The Morgan fingerprint density at radius 1 is 1.11 bits per heavy atom. The summed E-state index contributed by atoms with van der Waals surface area (Å²) in [6.07, 6.45) is 6.73. The van der Waals surface area contributed by atoms with Crippen LogP contribution >= 0.6 is 0 Å². The largest absolute Gasteiger partial charge is 0.388 e. The summed E-state index contributed by atoms with van der Waals surface area (Å²) < 4.78 is 58.4. The van der Waals surface area contributed by atoms with Crippen molar-refractivity contribution in [1.82, 2.24) is 18.5 Å². The summed E-state index contributed by atoms with van der Waals surface area (Å²) >= 11 is 0. The van der Waals surface area contributed by atoms with Gasteiger partial charge in [-0.15, -0.1) is 0 Å². The highest BCUT2D eigenvalue weighted by Crippen LogP contribution is 2.45. The summed E-state index contributed by atoms with van der Waals surface area (Å²) in [4.78, 5) is 9.23. The normalized spacial score (nSPS) is 20.9. The van der Waals surface area contributed by atoms with Crippen LogP contribution in [0.5, 0.6) is 0 Å². The van der Waals surface area contributed by atoms with Crippen LogP contribution in [0.3, 0.4) is 0 Å². The third-order valence-corrected chi connectivity index (χ3v) is 10.8. The molecule has 0 amide bonds. The minimum atomic E-state index is -3.86. The van der Waals surface area contributed by atoms with Gasteiger partial charge in [-0.3, -0.25) is 4.18 Å². The van der Waals surface area contributed by atoms with E-state index >= 15 is 0 Å². The fourth-order valence-corrected chi connectivity index (χ4v) is 7.69. The maximum Gasteiger partial charge on any atom is 0.269 e. The number of pyridine rings is 1. The number of imidazole rings is 1. The lowest BCUT2D eigenvalue weighted by atomic mass is 9.72. The number of benzene rings is 1. The number of fused-ring (bicyclic) bond motifs is 3. The van der Waals surface area contributed by atoms with Gasteiger partial charge in [0, 0.05) is 17.6 Å². The number of aromatic nitrogens is 4. The summed E-state index contributed by atoms with van der Waals surface area (Å²) in [5.41, 5.74) is 2.46. The van der Waals surface area contributed by atoms with Gasteiger partial charge >= 0.3 is 0 Å². The molecular weight excluding hydrogens is 528 g/mol. The van der Waals surface area contributed by atoms with Gasteiger partial charge in [0.25, 0.3) is 20.1 Å². The van der Waals surface area contributed by atoms with Crippen LogP contribution in [0, 0.1) is 12.3 Å². The van der Waals surface area contributed by atoms with E-state index < -0.39 is 20.1 Å². The van der Waals surface area contributed by atoms with Crippen LogP contribution in [0.15, 0.2) is 47.6 Å². The lowest BCUT2D eigenvalue weighted by Gasteiger charge is -2.38. The minimum absolute atomic E-state index is 0.0180. The van der Waals surface area contributed by atoms with Gasteiger partial charge < -0.3 is 9.67 Å². The van der Waals surface area contributed by atoms with Crippen molar-refractivity contribution in [2.24, 2.45) is 5.41 Å². The first-order valence-corrected chi connectivity index (χ1v) is 15.6. The third-order valence-electron chi connectivity index (χ3n) is 7.86. The number of nitrogens with zero attached hydrogens (tertiary/aromatic N) is 4. The molecule has 0 atom stereocenters. The second-order valence-electron chi connectivity index (χ2n) is 10.4. The fraction of sp³-hybridized carbons (Fsp3) is 0.462. The Bertz CT molecular complexity index is 1700. The Labute approximate surface area is 222 Å². The molecule has 5 rings (SSSR count). The Morgan fingerprint density at radius 2 is 1.79 bits per heavy atom. The highest BCUT2D eigenvalue weighted by Gasteiger charge is 2.35. The Kier molecular flexibility index (Phi) is 6.87. The van der Waals surface area contributed by atoms with Crippen molar-refractivity contribution in [3.8, 4) is 0 Å². The topological polar surface area (TPSA) is 133 Å². The molecule has 3 heterocycles. The van der Waals surface area contributed by atoms with Crippen molar-refractivity contribution >= 4 is 42.2 Å². The van der Waals surface area contributed by atoms with Gasteiger partial charge in [0.05, 0.1) is 29.5 Å². The Morgan fingerprint density at radius 3 is 2.42 bits per heavy atom. The Balaban J connectivity index is 1.52. The molecule has 4 aromatic rings. The van der Waals surface area contributed by atoms with E-state index in [2.05, 4.69) is 21.1 Å². The van der Waals surface area contributed by atoms with Crippen LogP contribution in [-0.2, 0) is 30.9 Å². The van der Waals surface area contributed by atoms with Crippen LogP contribution in [0.4, 0.5) is 0 Å². The number of aryl methyl sites for hydroxylation is 1. The van der Waals surface area contributed by atoms with Crippen molar-refractivity contribution in [3.63, 3.8) is 0 Å². The van der Waals surface area contributed by atoms with Crippen molar-refractivity contribution < 1.29 is 26.1 Å². The highest BCUT2D eigenvalue weighted by atomic mass is 32.2. The molecule has 0 saturated heterocycles. The van der Waals surface area contributed by atoms with Crippen molar-refractivity contribution in [2.45, 2.75) is 63.5 Å². The molecule has 12 heteroatoms. The molecular formula is C26H32N4O6S2. The lowest BCUT2D eigenvalue weighted by Crippen LogP contribution is -2.29. The van der Waals surface area contributed by atoms with E-state index in [1.54, 1.807) is 36.5 Å². The average Bonchev–Trinajstić information content (AvgIpc) is 3.50. The number of hydrogen-bond acceptors (Lipinski definition) is 8. The number of aliphatic hydroxyl groups is 1. The number of hydrogen-bond donors (Lipinski definition) is 1. The van der Waals surface area contributed by atoms with Crippen LogP contribution < -0.4 is 0 Å². The van der Waals surface area contributed by atoms with Gasteiger partial charge in [0.15, 0.2) is 5.65 Å². The molecule has 0 unspecified atom stereocenters. The zero-order chi connectivity index (χ0) is 27.3. The van der Waals surface area contributed by atoms with Gasteiger partial charge in [-0.05, 0) is 62.6 Å². The monoisotopic (exact) mass is 560 g/mol. The van der Waals surface area contributed by atoms with Gasteiger partial charge in [0.2, 0.25) is 0 Å². The maximum atomic E-state index is 13.4. The molecule has 0 spiro atoms. The third kappa shape index (κ3) is 4.74. The first kappa shape index (κ1) is 26.8. The molecule has 1 saturated carbocycles. The second-order valence-corrected chi connectivity index (χ2v) is 14.1. The highest BCUT2D eigenvalue weighted by molar-refractivity contribution is 7.90. The molecule has 0 aliphatic heterocycles. The van der Waals surface area contributed by atoms with E-state index in [1.165, 1.54) is 17.3 Å². The number of aliphatic hydroxyl groups excluding tert-OH is 1. The average molecular weight is 561 g/mol. The van der Waals surface area contributed by atoms with Crippen LogP contribution in [0.2, 0.25) is 0 Å².